The second-order valence-corrected chi connectivity index (χ2v) is 5.11. The molecule has 0 spiro atoms. The SMILES string of the molecule is Cc1cc(NC(=O)NC2CNC(=O)C2)cc(C)c1Cl. The molecule has 1 saturated heterocycles. The fraction of sp³-hybridized carbons (Fsp3) is 0.385. The maximum Gasteiger partial charge on any atom is 0.319 e. The van der Waals surface area contributed by atoms with Gasteiger partial charge in [0.25, 0.3) is 0 Å². The Labute approximate surface area is 116 Å². The van der Waals surface area contributed by atoms with Gasteiger partial charge in [-0.2, -0.15) is 0 Å². The topological polar surface area (TPSA) is 70.2 Å². The van der Waals surface area contributed by atoms with E-state index in [1.165, 1.54) is 0 Å². The first-order valence-electron chi connectivity index (χ1n) is 6.06. The normalized spacial score (nSPS) is 18.1. The van der Waals surface area contributed by atoms with Crippen molar-refractivity contribution in [1.82, 2.24) is 10.6 Å². The van der Waals surface area contributed by atoms with Crippen molar-refractivity contribution in [2.75, 3.05) is 11.9 Å². The van der Waals surface area contributed by atoms with Crippen LogP contribution in [0.2, 0.25) is 5.02 Å². The third kappa shape index (κ3) is 3.38. The minimum Gasteiger partial charge on any atom is -0.354 e. The van der Waals surface area contributed by atoms with Crippen molar-refractivity contribution in [3.8, 4) is 0 Å². The molecule has 1 atom stereocenters. The number of benzene rings is 1. The van der Waals surface area contributed by atoms with E-state index in [4.69, 9.17) is 11.6 Å². The standard InChI is InChI=1S/C13H16ClN3O2/c1-7-3-9(4-8(2)12(7)14)16-13(19)17-10-5-11(18)15-6-10/h3-4,10H,5-6H2,1-2H3,(H,15,18)(H2,16,17,19). The lowest BCUT2D eigenvalue weighted by molar-refractivity contribution is -0.119. The second kappa shape index (κ2) is 5.48. The number of urea groups is 1. The van der Waals surface area contributed by atoms with Crippen LogP contribution in [0.4, 0.5) is 10.5 Å². The van der Waals surface area contributed by atoms with Gasteiger partial charge in [-0.3, -0.25) is 4.79 Å². The van der Waals surface area contributed by atoms with Gasteiger partial charge in [-0.05, 0) is 37.1 Å². The Kier molecular flexibility index (Phi) is 3.95. The summed E-state index contributed by atoms with van der Waals surface area (Å²) in [6.07, 6.45) is 0.325. The number of anilines is 1. The highest BCUT2D eigenvalue weighted by Crippen LogP contribution is 2.24. The van der Waals surface area contributed by atoms with Crippen LogP contribution in [0.25, 0.3) is 0 Å². The van der Waals surface area contributed by atoms with Crippen molar-refractivity contribution in [3.63, 3.8) is 0 Å². The van der Waals surface area contributed by atoms with Gasteiger partial charge in [-0.15, -0.1) is 0 Å². The Morgan fingerprint density at radius 2 is 2.00 bits per heavy atom. The molecule has 1 aliphatic rings. The number of aryl methyl sites for hydroxylation is 2. The lowest BCUT2D eigenvalue weighted by Crippen LogP contribution is -2.39. The fourth-order valence-electron chi connectivity index (χ4n) is 2.08. The van der Waals surface area contributed by atoms with Crippen LogP contribution in [0.1, 0.15) is 17.5 Å². The summed E-state index contributed by atoms with van der Waals surface area (Å²) in [5.41, 5.74) is 2.51. The van der Waals surface area contributed by atoms with Gasteiger partial charge in [0.2, 0.25) is 5.91 Å². The number of rotatable bonds is 2. The summed E-state index contributed by atoms with van der Waals surface area (Å²) in [5.74, 6) is -0.0384. The number of amides is 3. The molecule has 1 fully saturated rings. The average Bonchev–Trinajstić information content (AvgIpc) is 2.71. The van der Waals surface area contributed by atoms with Crippen LogP contribution >= 0.6 is 11.6 Å². The van der Waals surface area contributed by atoms with E-state index in [0.29, 0.717) is 23.7 Å². The van der Waals surface area contributed by atoms with Crippen molar-refractivity contribution >= 4 is 29.2 Å². The molecule has 5 nitrogen and oxygen atoms in total. The molecule has 1 unspecified atom stereocenters. The molecule has 0 bridgehead atoms. The lowest BCUT2D eigenvalue weighted by atomic mass is 10.1. The van der Waals surface area contributed by atoms with Crippen LogP contribution in [-0.2, 0) is 4.79 Å². The van der Waals surface area contributed by atoms with E-state index < -0.39 is 0 Å². The molecule has 2 rings (SSSR count). The molecule has 0 aliphatic carbocycles. The highest BCUT2D eigenvalue weighted by atomic mass is 35.5. The maximum atomic E-state index is 11.8. The summed E-state index contributed by atoms with van der Waals surface area (Å²) in [7, 11) is 0. The van der Waals surface area contributed by atoms with Gasteiger partial charge in [-0.1, -0.05) is 11.6 Å². The van der Waals surface area contributed by atoms with Crippen LogP contribution in [0, 0.1) is 13.8 Å². The van der Waals surface area contributed by atoms with Crippen molar-refractivity contribution in [1.29, 1.82) is 0 Å². The van der Waals surface area contributed by atoms with Crippen molar-refractivity contribution < 1.29 is 9.59 Å². The number of halogens is 1. The molecule has 1 aliphatic heterocycles. The Hall–Kier alpha value is -1.75. The summed E-state index contributed by atoms with van der Waals surface area (Å²) < 4.78 is 0. The molecule has 1 aromatic carbocycles. The molecule has 0 aromatic heterocycles. The van der Waals surface area contributed by atoms with E-state index in [2.05, 4.69) is 16.0 Å². The van der Waals surface area contributed by atoms with Gasteiger partial charge in [0.05, 0.1) is 6.04 Å². The molecule has 1 aromatic rings. The molecule has 1 heterocycles. The van der Waals surface area contributed by atoms with Gasteiger partial charge in [0, 0.05) is 23.7 Å². The zero-order valence-electron chi connectivity index (χ0n) is 10.8. The summed E-state index contributed by atoms with van der Waals surface area (Å²) in [6.45, 7) is 4.25. The smallest absolute Gasteiger partial charge is 0.319 e. The van der Waals surface area contributed by atoms with Gasteiger partial charge in [-0.25, -0.2) is 4.79 Å². The van der Waals surface area contributed by atoms with E-state index in [-0.39, 0.29) is 18.0 Å². The summed E-state index contributed by atoms with van der Waals surface area (Å²) in [4.78, 5) is 22.8. The molecule has 3 N–H and O–H groups in total. The van der Waals surface area contributed by atoms with Gasteiger partial charge >= 0.3 is 6.03 Å². The van der Waals surface area contributed by atoms with E-state index in [1.807, 2.05) is 26.0 Å². The zero-order chi connectivity index (χ0) is 14.0. The Bertz CT molecular complexity index is 508. The highest BCUT2D eigenvalue weighted by Gasteiger charge is 2.22. The fourth-order valence-corrected chi connectivity index (χ4v) is 2.19. The van der Waals surface area contributed by atoms with Crippen LogP contribution < -0.4 is 16.0 Å². The first kappa shape index (κ1) is 13.7. The predicted octanol–water partition coefficient (Wildman–Crippen LogP) is 1.97. The van der Waals surface area contributed by atoms with Crippen LogP contribution in [0.15, 0.2) is 12.1 Å². The molecular weight excluding hydrogens is 266 g/mol. The van der Waals surface area contributed by atoms with Crippen LogP contribution in [0.3, 0.4) is 0 Å². The summed E-state index contributed by atoms with van der Waals surface area (Å²) >= 11 is 6.07. The van der Waals surface area contributed by atoms with Crippen LogP contribution in [-0.4, -0.2) is 24.5 Å². The van der Waals surface area contributed by atoms with E-state index >= 15 is 0 Å². The largest absolute Gasteiger partial charge is 0.354 e. The quantitative estimate of drug-likeness (QED) is 0.776. The third-order valence-electron chi connectivity index (χ3n) is 3.01. The molecule has 3 amide bonds. The number of carbonyl (C=O) groups excluding carboxylic acids is 2. The summed E-state index contributed by atoms with van der Waals surface area (Å²) in [5, 5.41) is 8.86. The molecule has 0 radical (unpaired) electrons. The minimum atomic E-state index is -0.317. The van der Waals surface area contributed by atoms with Crippen molar-refractivity contribution in [2.45, 2.75) is 26.3 Å². The number of hydrogen-bond acceptors (Lipinski definition) is 2. The first-order valence-corrected chi connectivity index (χ1v) is 6.44. The lowest BCUT2D eigenvalue weighted by Gasteiger charge is -2.13. The summed E-state index contributed by atoms with van der Waals surface area (Å²) in [6, 6.07) is 3.16. The Morgan fingerprint density at radius 1 is 1.37 bits per heavy atom. The average molecular weight is 282 g/mol. The van der Waals surface area contributed by atoms with E-state index in [9.17, 15) is 9.59 Å². The second-order valence-electron chi connectivity index (χ2n) is 4.73. The minimum absolute atomic E-state index is 0.0384. The molecule has 6 heteroatoms. The zero-order valence-corrected chi connectivity index (χ0v) is 11.6. The molecular formula is C13H16ClN3O2. The van der Waals surface area contributed by atoms with Gasteiger partial charge < -0.3 is 16.0 Å². The van der Waals surface area contributed by atoms with Crippen molar-refractivity contribution in [2.24, 2.45) is 0 Å². The maximum absolute atomic E-state index is 11.8. The van der Waals surface area contributed by atoms with E-state index in [0.717, 1.165) is 11.1 Å². The van der Waals surface area contributed by atoms with Crippen LogP contribution in [0.5, 0.6) is 0 Å². The number of carbonyl (C=O) groups is 2. The number of hydrogen-bond donors (Lipinski definition) is 3. The van der Waals surface area contributed by atoms with Gasteiger partial charge in [0.1, 0.15) is 0 Å². The predicted molar refractivity (Wildman–Crippen MR) is 74.5 cm³/mol. The molecule has 19 heavy (non-hydrogen) atoms. The van der Waals surface area contributed by atoms with E-state index in [1.54, 1.807) is 0 Å². The third-order valence-corrected chi connectivity index (χ3v) is 3.60. The molecule has 0 saturated carbocycles. The number of nitrogens with one attached hydrogen (secondary N) is 3. The highest BCUT2D eigenvalue weighted by molar-refractivity contribution is 6.32. The molecule has 102 valence electrons. The first-order chi connectivity index (χ1) is 8.95. The van der Waals surface area contributed by atoms with Crippen molar-refractivity contribution in [3.05, 3.63) is 28.3 Å². The van der Waals surface area contributed by atoms with Gasteiger partial charge in [0.15, 0.2) is 0 Å². The Morgan fingerprint density at radius 3 is 2.53 bits per heavy atom. The Balaban J connectivity index is 1.97. The monoisotopic (exact) mass is 281 g/mol.